The number of thioether (sulfide) groups is 1. The molecule has 1 N–H and O–H groups in total. The molecule has 0 radical (unpaired) electrons. The van der Waals surface area contributed by atoms with E-state index in [1.54, 1.807) is 21.1 Å². The summed E-state index contributed by atoms with van der Waals surface area (Å²) >= 11 is 3.68. The van der Waals surface area contributed by atoms with E-state index >= 15 is 0 Å². The molecule has 1 fully saturated rings. The molecule has 2 aliphatic rings. The van der Waals surface area contributed by atoms with E-state index in [1.165, 1.54) is 42.7 Å². The number of anilines is 1. The predicted octanol–water partition coefficient (Wildman–Crippen LogP) is 5.35. The third-order valence-electron chi connectivity index (χ3n) is 5.52. The fourth-order valence-corrected chi connectivity index (χ4v) is 6.37. The van der Waals surface area contributed by atoms with Gasteiger partial charge in [-0.05, 0) is 25.0 Å². The molecule has 0 spiro atoms. The zero-order chi connectivity index (χ0) is 20.6. The lowest BCUT2D eigenvalue weighted by Crippen LogP contribution is -2.51. The predicted molar refractivity (Wildman–Crippen MR) is 123 cm³/mol. The Hall–Kier alpha value is -0.830. The first kappa shape index (κ1) is 22.8. The van der Waals surface area contributed by atoms with Gasteiger partial charge in [0.15, 0.2) is 5.13 Å². The lowest BCUT2D eigenvalue weighted by molar-refractivity contribution is 0.0239. The fraction of sp³-hybridized carbons (Fsp3) is 0.810. The summed E-state index contributed by atoms with van der Waals surface area (Å²) in [5.41, 5.74) is 1.20. The van der Waals surface area contributed by atoms with E-state index in [9.17, 15) is 4.79 Å². The number of hydrogen-bond acceptors (Lipinski definition) is 6. The van der Waals surface area contributed by atoms with Gasteiger partial charge in [0, 0.05) is 24.0 Å². The van der Waals surface area contributed by atoms with E-state index in [0.29, 0.717) is 24.8 Å². The van der Waals surface area contributed by atoms with Crippen LogP contribution in [0.4, 0.5) is 9.93 Å². The van der Waals surface area contributed by atoms with Crippen LogP contribution in [0, 0.1) is 0 Å². The lowest BCUT2D eigenvalue weighted by atomic mass is 10.0. The smallest absolute Gasteiger partial charge is 0.330 e. The standard InChI is InChI=1S/C21H36N4O2S2/c1-4-7-10-16-19(28-12-9-6-3)18-17(13-22-16)29-20(23-18)25-15-27-14-24(21(25)26)11-8-5-2/h16,19,22H,4-15H2,1-3H3. The lowest BCUT2D eigenvalue weighted by Gasteiger charge is -2.33. The largest absolute Gasteiger partial charge is 0.340 e. The summed E-state index contributed by atoms with van der Waals surface area (Å²) in [6.07, 6.45) is 8.15. The van der Waals surface area contributed by atoms with Crippen molar-refractivity contribution in [3.8, 4) is 0 Å². The fourth-order valence-electron chi connectivity index (χ4n) is 3.73. The average Bonchev–Trinajstić information content (AvgIpc) is 3.16. The van der Waals surface area contributed by atoms with Gasteiger partial charge in [-0.2, -0.15) is 11.8 Å². The van der Waals surface area contributed by atoms with Crippen LogP contribution in [-0.2, 0) is 11.3 Å². The third-order valence-corrected chi connectivity index (χ3v) is 8.05. The van der Waals surface area contributed by atoms with Gasteiger partial charge in [-0.25, -0.2) is 14.7 Å². The number of carbonyl (C=O) groups excluding carboxylic acids is 1. The Morgan fingerprint density at radius 3 is 2.72 bits per heavy atom. The molecular formula is C21H36N4O2S2. The highest BCUT2D eigenvalue weighted by Crippen LogP contribution is 2.43. The highest BCUT2D eigenvalue weighted by molar-refractivity contribution is 7.99. The number of urea groups is 1. The Bertz CT molecular complexity index is 655. The summed E-state index contributed by atoms with van der Waals surface area (Å²) in [7, 11) is 0. The maximum atomic E-state index is 13.0. The average molecular weight is 441 g/mol. The number of aromatic nitrogens is 1. The molecule has 2 amide bonds. The first-order valence-electron chi connectivity index (χ1n) is 11.2. The maximum absolute atomic E-state index is 13.0. The van der Waals surface area contributed by atoms with Crippen molar-refractivity contribution in [2.75, 3.05) is 30.7 Å². The van der Waals surface area contributed by atoms with Crippen LogP contribution in [0.15, 0.2) is 0 Å². The zero-order valence-corrected chi connectivity index (χ0v) is 19.7. The van der Waals surface area contributed by atoms with Gasteiger partial charge >= 0.3 is 6.03 Å². The van der Waals surface area contributed by atoms with Crippen molar-refractivity contribution in [1.29, 1.82) is 0 Å². The molecule has 1 aromatic heterocycles. The summed E-state index contributed by atoms with van der Waals surface area (Å²) in [4.78, 5) is 22.8. The van der Waals surface area contributed by atoms with Gasteiger partial charge in [0.2, 0.25) is 0 Å². The Kier molecular flexibility index (Phi) is 9.08. The van der Waals surface area contributed by atoms with Crippen LogP contribution in [-0.4, -0.2) is 47.7 Å². The second-order valence-corrected chi connectivity index (χ2v) is 10.2. The van der Waals surface area contributed by atoms with Gasteiger partial charge in [-0.15, -0.1) is 0 Å². The summed E-state index contributed by atoms with van der Waals surface area (Å²) in [5, 5.41) is 4.92. The summed E-state index contributed by atoms with van der Waals surface area (Å²) in [6.45, 7) is 8.92. The number of unbranched alkanes of at least 4 members (excludes halogenated alkanes) is 3. The first-order valence-corrected chi connectivity index (χ1v) is 13.0. The molecule has 2 aliphatic heterocycles. The van der Waals surface area contributed by atoms with Crippen molar-refractivity contribution in [1.82, 2.24) is 15.2 Å². The first-order chi connectivity index (χ1) is 14.2. The molecule has 1 saturated heterocycles. The van der Waals surface area contributed by atoms with Gasteiger partial charge in [-0.3, -0.25) is 0 Å². The number of hydrogen-bond donors (Lipinski definition) is 1. The molecule has 164 valence electrons. The van der Waals surface area contributed by atoms with Crippen LogP contribution in [0.1, 0.15) is 81.5 Å². The quantitative estimate of drug-likeness (QED) is 0.470. The highest BCUT2D eigenvalue weighted by Gasteiger charge is 2.35. The van der Waals surface area contributed by atoms with Crippen molar-refractivity contribution in [2.24, 2.45) is 0 Å². The molecular weight excluding hydrogens is 404 g/mol. The number of nitrogens with one attached hydrogen (secondary N) is 1. The number of fused-ring (bicyclic) bond motifs is 1. The summed E-state index contributed by atoms with van der Waals surface area (Å²) in [6, 6.07) is 0.495. The van der Waals surface area contributed by atoms with Crippen molar-refractivity contribution >= 4 is 34.3 Å². The highest BCUT2D eigenvalue weighted by atomic mass is 32.2. The second-order valence-electron chi connectivity index (χ2n) is 7.87. The summed E-state index contributed by atoms with van der Waals surface area (Å²) in [5.74, 6) is 1.16. The molecule has 8 heteroatoms. The molecule has 3 heterocycles. The van der Waals surface area contributed by atoms with E-state index in [1.807, 2.05) is 11.8 Å². The Balaban J connectivity index is 1.77. The van der Waals surface area contributed by atoms with Crippen LogP contribution >= 0.6 is 23.1 Å². The van der Waals surface area contributed by atoms with E-state index < -0.39 is 0 Å². The van der Waals surface area contributed by atoms with Gasteiger partial charge < -0.3 is 15.0 Å². The molecule has 0 aliphatic carbocycles. The van der Waals surface area contributed by atoms with E-state index in [-0.39, 0.29) is 6.03 Å². The van der Waals surface area contributed by atoms with Crippen molar-refractivity contribution < 1.29 is 9.53 Å². The number of rotatable bonds is 11. The maximum Gasteiger partial charge on any atom is 0.330 e. The minimum absolute atomic E-state index is 0.0291. The van der Waals surface area contributed by atoms with E-state index in [4.69, 9.17) is 9.72 Å². The van der Waals surface area contributed by atoms with Crippen molar-refractivity contribution in [3.63, 3.8) is 0 Å². The zero-order valence-electron chi connectivity index (χ0n) is 18.1. The minimum atomic E-state index is 0.0291. The van der Waals surface area contributed by atoms with Crippen LogP contribution in [0.25, 0.3) is 0 Å². The Morgan fingerprint density at radius 1 is 1.17 bits per heavy atom. The van der Waals surface area contributed by atoms with E-state index in [0.717, 1.165) is 36.8 Å². The van der Waals surface area contributed by atoms with Gasteiger partial charge in [-0.1, -0.05) is 57.8 Å². The van der Waals surface area contributed by atoms with Gasteiger partial charge in [0.05, 0.1) is 10.9 Å². The van der Waals surface area contributed by atoms with Crippen LogP contribution in [0.5, 0.6) is 0 Å². The molecule has 1 aromatic rings. The van der Waals surface area contributed by atoms with Crippen LogP contribution in [0.2, 0.25) is 0 Å². The minimum Gasteiger partial charge on any atom is -0.340 e. The number of carbonyl (C=O) groups is 1. The van der Waals surface area contributed by atoms with Crippen molar-refractivity contribution in [2.45, 2.75) is 83.6 Å². The molecule has 3 rings (SSSR count). The molecule has 2 unspecified atom stereocenters. The number of amides is 2. The molecule has 29 heavy (non-hydrogen) atoms. The second kappa shape index (κ2) is 11.5. The molecule has 0 aromatic carbocycles. The Morgan fingerprint density at radius 2 is 1.97 bits per heavy atom. The molecule has 0 bridgehead atoms. The van der Waals surface area contributed by atoms with Crippen LogP contribution in [0.3, 0.4) is 0 Å². The van der Waals surface area contributed by atoms with Crippen LogP contribution < -0.4 is 10.2 Å². The summed E-state index contributed by atoms with van der Waals surface area (Å²) < 4.78 is 5.71. The van der Waals surface area contributed by atoms with E-state index in [2.05, 4.69) is 26.1 Å². The molecule has 0 saturated carbocycles. The van der Waals surface area contributed by atoms with Gasteiger partial charge in [0.25, 0.3) is 0 Å². The molecule has 6 nitrogen and oxygen atoms in total. The number of nitrogens with zero attached hydrogens (tertiary/aromatic N) is 3. The van der Waals surface area contributed by atoms with Crippen molar-refractivity contribution in [3.05, 3.63) is 10.6 Å². The molecule has 2 atom stereocenters. The number of thiazole rings is 1. The third kappa shape index (κ3) is 5.66. The van der Waals surface area contributed by atoms with Gasteiger partial charge in [0.1, 0.15) is 13.5 Å². The number of ether oxygens (including phenoxy) is 1. The Labute approximate surface area is 183 Å². The monoisotopic (exact) mass is 440 g/mol. The normalized spacial score (nSPS) is 22.2. The SMILES string of the molecule is CCCCSC1c2nc(N3COCN(CCCC)C3=O)sc2CNC1CCCC. The topological polar surface area (TPSA) is 57.7 Å².